The molecule has 6 heteroatoms. The predicted octanol–water partition coefficient (Wildman–Crippen LogP) is 7.03. The molecule has 0 aliphatic carbocycles. The lowest BCUT2D eigenvalue weighted by molar-refractivity contribution is -0.138. The largest absolute Gasteiger partial charge is 0.416 e. The molecule has 1 aliphatic rings. The van der Waals surface area contributed by atoms with Gasteiger partial charge >= 0.3 is 6.18 Å². The molecular formula is C23H24ClF3O2. The molecule has 1 aliphatic heterocycles. The van der Waals surface area contributed by atoms with Gasteiger partial charge in [0.15, 0.2) is 5.78 Å². The fourth-order valence-electron chi connectivity index (χ4n) is 3.19. The van der Waals surface area contributed by atoms with Crippen LogP contribution in [-0.4, -0.2) is 17.0 Å². The number of alkyl halides is 3. The van der Waals surface area contributed by atoms with Gasteiger partial charge in [0.05, 0.1) is 11.2 Å². The molecule has 0 aromatic heterocycles. The van der Waals surface area contributed by atoms with Crippen molar-refractivity contribution in [3.8, 4) is 11.1 Å². The average Bonchev–Trinajstić information content (AvgIpc) is 2.73. The van der Waals surface area contributed by atoms with E-state index in [0.717, 1.165) is 17.2 Å². The second-order valence-electron chi connectivity index (χ2n) is 7.96. The summed E-state index contributed by atoms with van der Waals surface area (Å²) >= 11 is 5.77. The Kier molecular flexibility index (Phi) is 6.36. The number of benzene rings is 2. The third-order valence-corrected chi connectivity index (χ3v) is 5.02. The summed E-state index contributed by atoms with van der Waals surface area (Å²) in [5, 5.41) is 0.599. The monoisotopic (exact) mass is 424 g/mol. The number of rotatable bonds is 1. The van der Waals surface area contributed by atoms with Gasteiger partial charge in [-0.05, 0) is 69.5 Å². The fourth-order valence-corrected chi connectivity index (χ4v) is 3.31. The summed E-state index contributed by atoms with van der Waals surface area (Å²) in [5.41, 5.74) is 0.618. The number of carbonyl (C=O) groups is 1. The van der Waals surface area contributed by atoms with Crippen LogP contribution < -0.4 is 0 Å². The molecule has 3 rings (SSSR count). The van der Waals surface area contributed by atoms with Crippen LogP contribution in [0.15, 0.2) is 54.6 Å². The smallest absolute Gasteiger partial charge is 0.357 e. The summed E-state index contributed by atoms with van der Waals surface area (Å²) in [6.45, 7) is 12.4. The van der Waals surface area contributed by atoms with E-state index >= 15 is 0 Å². The lowest BCUT2D eigenvalue weighted by Gasteiger charge is -2.21. The number of carbonyl (C=O) groups excluding carboxylic acids is 1. The molecule has 29 heavy (non-hydrogen) atoms. The van der Waals surface area contributed by atoms with Gasteiger partial charge < -0.3 is 4.74 Å². The van der Waals surface area contributed by atoms with E-state index in [2.05, 4.69) is 6.58 Å². The van der Waals surface area contributed by atoms with Gasteiger partial charge in [-0.15, -0.1) is 0 Å². The zero-order valence-electron chi connectivity index (χ0n) is 17.1. The second kappa shape index (κ2) is 7.96. The van der Waals surface area contributed by atoms with Crippen LogP contribution in [0.2, 0.25) is 5.02 Å². The number of ketones is 1. The van der Waals surface area contributed by atoms with E-state index in [1.165, 1.54) is 19.1 Å². The number of hydrogen-bond acceptors (Lipinski definition) is 2. The fraction of sp³-hybridized carbons (Fsp3) is 0.348. The molecule has 1 saturated heterocycles. The van der Waals surface area contributed by atoms with Gasteiger partial charge in [0, 0.05) is 10.6 Å². The number of halogens is 4. The molecule has 1 heterocycles. The Bertz CT molecular complexity index is 902. The summed E-state index contributed by atoms with van der Waals surface area (Å²) < 4.78 is 43.4. The second-order valence-corrected chi connectivity index (χ2v) is 8.40. The first-order valence-electron chi connectivity index (χ1n) is 9.03. The van der Waals surface area contributed by atoms with Crippen molar-refractivity contribution in [3.05, 3.63) is 70.8 Å². The minimum atomic E-state index is -4.30. The van der Waals surface area contributed by atoms with Gasteiger partial charge in [0.2, 0.25) is 0 Å². The SMILES string of the molecule is C=C1C(=O)C(C)(C)OC1(C)C.Cc1cc(-c2ccc(Cl)cc2)ccc1C(F)(F)F. The lowest BCUT2D eigenvalue weighted by atomic mass is 9.94. The van der Waals surface area contributed by atoms with Crippen LogP contribution in [0.1, 0.15) is 38.8 Å². The number of aryl methyl sites for hydroxylation is 1. The van der Waals surface area contributed by atoms with Gasteiger partial charge in [0.1, 0.15) is 5.60 Å². The summed E-state index contributed by atoms with van der Waals surface area (Å²) in [7, 11) is 0. The van der Waals surface area contributed by atoms with E-state index in [1.807, 2.05) is 13.8 Å². The molecule has 156 valence electrons. The summed E-state index contributed by atoms with van der Waals surface area (Å²) in [5.74, 6) is 0.0162. The third-order valence-electron chi connectivity index (χ3n) is 4.77. The van der Waals surface area contributed by atoms with Crippen molar-refractivity contribution >= 4 is 17.4 Å². The predicted molar refractivity (Wildman–Crippen MR) is 110 cm³/mol. The Morgan fingerprint density at radius 1 is 0.931 bits per heavy atom. The van der Waals surface area contributed by atoms with Gasteiger partial charge in [-0.1, -0.05) is 42.4 Å². The van der Waals surface area contributed by atoms with Crippen molar-refractivity contribution in [3.63, 3.8) is 0 Å². The van der Waals surface area contributed by atoms with Gasteiger partial charge in [-0.25, -0.2) is 0 Å². The molecule has 0 spiro atoms. The van der Waals surface area contributed by atoms with E-state index < -0.39 is 22.9 Å². The maximum Gasteiger partial charge on any atom is 0.416 e. The molecule has 0 unspecified atom stereocenters. The Morgan fingerprint density at radius 2 is 1.45 bits per heavy atom. The van der Waals surface area contributed by atoms with Crippen molar-refractivity contribution in [1.82, 2.24) is 0 Å². The molecule has 2 aromatic rings. The molecule has 0 amide bonds. The van der Waals surface area contributed by atoms with Crippen molar-refractivity contribution in [2.75, 3.05) is 0 Å². The topological polar surface area (TPSA) is 26.3 Å². The number of hydrogen-bond donors (Lipinski definition) is 0. The Labute approximate surface area is 174 Å². The average molecular weight is 425 g/mol. The highest BCUT2D eigenvalue weighted by atomic mass is 35.5. The van der Waals surface area contributed by atoms with Crippen LogP contribution in [0.3, 0.4) is 0 Å². The first-order chi connectivity index (χ1) is 13.1. The highest BCUT2D eigenvalue weighted by molar-refractivity contribution is 6.30. The van der Waals surface area contributed by atoms with Gasteiger partial charge in [-0.3, -0.25) is 4.79 Å². The molecule has 0 N–H and O–H groups in total. The summed E-state index contributed by atoms with van der Waals surface area (Å²) in [4.78, 5) is 11.4. The normalized spacial score (nSPS) is 17.7. The van der Waals surface area contributed by atoms with E-state index in [-0.39, 0.29) is 11.3 Å². The number of Topliss-reactive ketones (excluding diaryl/α,β-unsaturated/α-hetero) is 1. The van der Waals surface area contributed by atoms with Crippen LogP contribution in [0, 0.1) is 6.92 Å². The lowest BCUT2D eigenvalue weighted by Crippen LogP contribution is -2.29. The van der Waals surface area contributed by atoms with Crippen molar-refractivity contribution in [2.24, 2.45) is 0 Å². The van der Waals surface area contributed by atoms with Crippen LogP contribution in [-0.2, 0) is 15.7 Å². The van der Waals surface area contributed by atoms with Gasteiger partial charge in [0.25, 0.3) is 0 Å². The molecule has 1 fully saturated rings. The van der Waals surface area contributed by atoms with Crippen molar-refractivity contribution in [2.45, 2.75) is 52.0 Å². The van der Waals surface area contributed by atoms with E-state index in [9.17, 15) is 18.0 Å². The molecular weight excluding hydrogens is 401 g/mol. The van der Waals surface area contributed by atoms with E-state index in [1.54, 1.807) is 38.1 Å². The minimum Gasteiger partial charge on any atom is -0.357 e. The first kappa shape index (κ1) is 23.2. The van der Waals surface area contributed by atoms with Gasteiger partial charge in [-0.2, -0.15) is 13.2 Å². The summed E-state index contributed by atoms with van der Waals surface area (Å²) in [6.07, 6.45) is -4.30. The van der Waals surface area contributed by atoms with Crippen molar-refractivity contribution < 1.29 is 22.7 Å². The molecule has 2 nitrogen and oxygen atoms in total. The zero-order valence-corrected chi connectivity index (χ0v) is 17.8. The quantitative estimate of drug-likeness (QED) is 0.459. The van der Waals surface area contributed by atoms with E-state index in [4.69, 9.17) is 16.3 Å². The third kappa shape index (κ3) is 5.28. The van der Waals surface area contributed by atoms with Crippen LogP contribution in [0.25, 0.3) is 11.1 Å². The van der Waals surface area contributed by atoms with Crippen LogP contribution >= 0.6 is 11.6 Å². The Hall–Kier alpha value is -2.11. The molecule has 0 bridgehead atoms. The highest BCUT2D eigenvalue weighted by Crippen LogP contribution is 2.37. The number of ether oxygens (including phenoxy) is 1. The van der Waals surface area contributed by atoms with Crippen LogP contribution in [0.5, 0.6) is 0 Å². The Morgan fingerprint density at radius 3 is 1.79 bits per heavy atom. The van der Waals surface area contributed by atoms with Crippen LogP contribution in [0.4, 0.5) is 13.2 Å². The highest BCUT2D eigenvalue weighted by Gasteiger charge is 2.48. The molecule has 0 saturated carbocycles. The maximum absolute atomic E-state index is 12.6. The standard InChI is InChI=1S/C14H10ClF3.C9H14O2/c1-9-8-11(4-7-13(9)14(16,17)18)10-2-5-12(15)6-3-10;1-6-7(10)9(4,5)11-8(6,2)3/h2-8H,1H3;1H2,2-5H3. The van der Waals surface area contributed by atoms with Crippen molar-refractivity contribution in [1.29, 1.82) is 0 Å². The first-order valence-corrected chi connectivity index (χ1v) is 9.41. The zero-order chi connectivity index (χ0) is 22.2. The molecule has 0 radical (unpaired) electrons. The minimum absolute atomic E-state index is 0.0162. The molecule has 0 atom stereocenters. The Balaban J connectivity index is 0.000000234. The van der Waals surface area contributed by atoms with E-state index in [0.29, 0.717) is 10.6 Å². The maximum atomic E-state index is 12.6. The summed E-state index contributed by atoms with van der Waals surface area (Å²) in [6, 6.07) is 11.1. The molecule has 2 aromatic carbocycles.